The second-order valence-electron chi connectivity index (χ2n) is 8.28. The van der Waals surface area contributed by atoms with Gasteiger partial charge < -0.3 is 4.74 Å². The Kier molecular flexibility index (Phi) is 5.16. The maximum absolute atomic E-state index is 13.1. The number of ketones is 1. The maximum atomic E-state index is 13.1. The molecule has 2 aliphatic carbocycles. The minimum Gasteiger partial charge on any atom is -0.377 e. The third-order valence-corrected chi connectivity index (χ3v) is 8.49. The lowest BCUT2D eigenvalue weighted by atomic mass is 9.65. The Bertz CT molecular complexity index is 807. The van der Waals surface area contributed by atoms with E-state index in [0.717, 1.165) is 36.8 Å². The van der Waals surface area contributed by atoms with Crippen LogP contribution in [0.15, 0.2) is 24.3 Å². The molecule has 27 heavy (non-hydrogen) atoms. The van der Waals surface area contributed by atoms with Crippen molar-refractivity contribution in [3.8, 4) is 0 Å². The molecule has 1 aromatic carbocycles. The summed E-state index contributed by atoms with van der Waals surface area (Å²) in [6, 6.07) is 7.85. The van der Waals surface area contributed by atoms with Crippen molar-refractivity contribution in [1.29, 1.82) is 0 Å². The highest BCUT2D eigenvalue weighted by molar-refractivity contribution is 7.89. The Balaban J connectivity index is 1.43. The summed E-state index contributed by atoms with van der Waals surface area (Å²) in [6.45, 7) is 3.35. The van der Waals surface area contributed by atoms with Crippen molar-refractivity contribution in [3.05, 3.63) is 35.4 Å². The number of carbonyl (C=O) groups excluding carboxylic acids is 1. The molecule has 1 aromatic rings. The summed E-state index contributed by atoms with van der Waals surface area (Å²) in [7, 11) is -3.35. The molecule has 0 aromatic heterocycles. The lowest BCUT2D eigenvalue weighted by molar-refractivity contribution is 0.0583. The Hall–Kier alpha value is -1.24. The fourth-order valence-electron chi connectivity index (χ4n) is 4.72. The molecule has 1 unspecified atom stereocenters. The van der Waals surface area contributed by atoms with Gasteiger partial charge in [0, 0.05) is 30.7 Å². The molecule has 2 fully saturated rings. The summed E-state index contributed by atoms with van der Waals surface area (Å²) < 4.78 is 33.1. The van der Waals surface area contributed by atoms with Crippen LogP contribution in [0.5, 0.6) is 0 Å². The number of Topliss-reactive ketones (excluding diaryl/α,β-unsaturated/α-hetero) is 1. The van der Waals surface area contributed by atoms with Crippen molar-refractivity contribution < 1.29 is 17.9 Å². The fourth-order valence-corrected chi connectivity index (χ4v) is 6.45. The summed E-state index contributed by atoms with van der Waals surface area (Å²) in [5.41, 5.74) is 1.59. The number of fused-ring (bicyclic) bond motifs is 1. The first-order valence-corrected chi connectivity index (χ1v) is 11.8. The second-order valence-corrected chi connectivity index (χ2v) is 10.3. The van der Waals surface area contributed by atoms with Crippen molar-refractivity contribution >= 4 is 15.8 Å². The van der Waals surface area contributed by atoms with Crippen LogP contribution in [0.25, 0.3) is 0 Å². The number of piperidine rings is 1. The number of aryl methyl sites for hydroxylation is 1. The lowest BCUT2D eigenvalue weighted by Crippen LogP contribution is -2.49. The summed E-state index contributed by atoms with van der Waals surface area (Å²) >= 11 is 0. The van der Waals surface area contributed by atoms with Crippen LogP contribution in [-0.4, -0.2) is 50.1 Å². The summed E-state index contributed by atoms with van der Waals surface area (Å²) in [5.74, 6) is 0.689. The average molecular weight is 392 g/mol. The third-order valence-electron chi connectivity index (χ3n) is 6.59. The molecule has 1 atom stereocenters. The van der Waals surface area contributed by atoms with Gasteiger partial charge in [-0.3, -0.25) is 4.79 Å². The quantitative estimate of drug-likeness (QED) is 0.748. The number of ether oxygens (including phenoxy) is 1. The summed E-state index contributed by atoms with van der Waals surface area (Å²) in [5, 5.41) is 0. The zero-order valence-corrected chi connectivity index (χ0v) is 16.8. The molecule has 1 saturated carbocycles. The number of hydrogen-bond donors (Lipinski definition) is 0. The van der Waals surface area contributed by atoms with Crippen molar-refractivity contribution in [1.82, 2.24) is 4.31 Å². The SMILES string of the molecule is CCOC(CS(=O)(=O)N1CCC2(CCc3ccccc3C2=O)CC1)C1CC1. The fraction of sp³-hybridized carbons (Fsp3) is 0.667. The van der Waals surface area contributed by atoms with E-state index < -0.39 is 10.0 Å². The molecule has 1 spiro atoms. The van der Waals surface area contributed by atoms with E-state index in [4.69, 9.17) is 4.74 Å². The highest BCUT2D eigenvalue weighted by Gasteiger charge is 2.46. The number of hydrogen-bond acceptors (Lipinski definition) is 4. The number of rotatable bonds is 6. The van der Waals surface area contributed by atoms with Crippen LogP contribution in [0.4, 0.5) is 0 Å². The topological polar surface area (TPSA) is 63.7 Å². The molecule has 148 valence electrons. The maximum Gasteiger partial charge on any atom is 0.216 e. The largest absolute Gasteiger partial charge is 0.377 e. The predicted octanol–water partition coefficient (Wildman–Crippen LogP) is 3.04. The van der Waals surface area contributed by atoms with Crippen LogP contribution in [0.1, 0.15) is 54.9 Å². The van der Waals surface area contributed by atoms with Gasteiger partial charge in [0.15, 0.2) is 5.78 Å². The molecule has 1 aliphatic heterocycles. The Morgan fingerprint density at radius 1 is 1.19 bits per heavy atom. The Labute approximate surface area is 162 Å². The minimum atomic E-state index is -3.35. The molecule has 1 heterocycles. The first-order chi connectivity index (χ1) is 13.0. The van der Waals surface area contributed by atoms with Gasteiger partial charge in [-0.15, -0.1) is 0 Å². The zero-order chi connectivity index (χ0) is 19.1. The number of nitrogens with zero attached hydrogens (tertiary/aromatic N) is 1. The molecule has 3 aliphatic rings. The van der Waals surface area contributed by atoms with Gasteiger partial charge in [-0.1, -0.05) is 24.3 Å². The molecular weight excluding hydrogens is 362 g/mol. The van der Waals surface area contributed by atoms with Crippen molar-refractivity contribution in [2.75, 3.05) is 25.4 Å². The van der Waals surface area contributed by atoms with Crippen LogP contribution >= 0.6 is 0 Å². The van der Waals surface area contributed by atoms with Crippen LogP contribution < -0.4 is 0 Å². The van der Waals surface area contributed by atoms with E-state index >= 15 is 0 Å². The van der Waals surface area contributed by atoms with E-state index in [1.54, 1.807) is 4.31 Å². The first kappa shape index (κ1) is 19.1. The number of benzene rings is 1. The molecule has 0 N–H and O–H groups in total. The molecule has 0 amide bonds. The highest BCUT2D eigenvalue weighted by atomic mass is 32.2. The highest BCUT2D eigenvalue weighted by Crippen LogP contribution is 2.44. The smallest absolute Gasteiger partial charge is 0.216 e. The van der Waals surface area contributed by atoms with E-state index in [1.807, 2.05) is 31.2 Å². The molecule has 4 rings (SSSR count). The van der Waals surface area contributed by atoms with E-state index in [-0.39, 0.29) is 23.1 Å². The van der Waals surface area contributed by atoms with Crippen LogP contribution in [-0.2, 0) is 21.2 Å². The third kappa shape index (κ3) is 3.71. The van der Waals surface area contributed by atoms with Gasteiger partial charge in [-0.2, -0.15) is 0 Å². The normalized spacial score (nSPS) is 24.0. The standard InChI is InChI=1S/C21H29NO4S/c1-2-26-19(17-7-8-17)15-27(24,25)22-13-11-21(12-14-22)10-9-16-5-3-4-6-18(16)20(21)23/h3-6,17,19H,2,7-15H2,1H3. The van der Waals surface area contributed by atoms with Crippen LogP contribution in [0.2, 0.25) is 0 Å². The van der Waals surface area contributed by atoms with Gasteiger partial charge >= 0.3 is 0 Å². The predicted molar refractivity (Wildman–Crippen MR) is 104 cm³/mol. The monoisotopic (exact) mass is 391 g/mol. The van der Waals surface area contributed by atoms with Gasteiger partial charge in [0.2, 0.25) is 10.0 Å². The van der Waals surface area contributed by atoms with Gasteiger partial charge in [0.1, 0.15) is 0 Å². The van der Waals surface area contributed by atoms with Gasteiger partial charge in [-0.25, -0.2) is 12.7 Å². The molecule has 0 bridgehead atoms. The first-order valence-electron chi connectivity index (χ1n) is 10.2. The van der Waals surface area contributed by atoms with E-state index in [9.17, 15) is 13.2 Å². The average Bonchev–Trinajstić information content (AvgIpc) is 3.50. The summed E-state index contributed by atoms with van der Waals surface area (Å²) in [6.07, 6.45) is 4.95. The van der Waals surface area contributed by atoms with Crippen LogP contribution in [0, 0.1) is 11.3 Å². The van der Waals surface area contributed by atoms with Crippen molar-refractivity contribution in [2.45, 2.75) is 51.6 Å². The summed E-state index contributed by atoms with van der Waals surface area (Å²) in [4.78, 5) is 13.1. The van der Waals surface area contributed by atoms with E-state index in [0.29, 0.717) is 38.5 Å². The van der Waals surface area contributed by atoms with Gasteiger partial charge in [0.25, 0.3) is 0 Å². The lowest BCUT2D eigenvalue weighted by Gasteiger charge is -2.43. The van der Waals surface area contributed by atoms with Gasteiger partial charge in [-0.05, 0) is 56.9 Å². The van der Waals surface area contributed by atoms with E-state index in [2.05, 4.69) is 0 Å². The molecular formula is C21H29NO4S. The zero-order valence-electron chi connectivity index (χ0n) is 16.0. The number of sulfonamides is 1. The molecule has 5 nitrogen and oxygen atoms in total. The van der Waals surface area contributed by atoms with E-state index in [1.165, 1.54) is 0 Å². The Morgan fingerprint density at radius 3 is 2.56 bits per heavy atom. The molecule has 6 heteroatoms. The Morgan fingerprint density at radius 2 is 1.89 bits per heavy atom. The van der Waals surface area contributed by atoms with Gasteiger partial charge in [0.05, 0.1) is 11.9 Å². The molecule has 1 saturated heterocycles. The number of carbonyl (C=O) groups is 1. The minimum absolute atomic E-state index is 0.0787. The second kappa shape index (κ2) is 7.30. The van der Waals surface area contributed by atoms with Crippen molar-refractivity contribution in [3.63, 3.8) is 0 Å². The molecule has 0 radical (unpaired) electrons. The van der Waals surface area contributed by atoms with Crippen molar-refractivity contribution in [2.24, 2.45) is 11.3 Å². The van der Waals surface area contributed by atoms with Crippen LogP contribution in [0.3, 0.4) is 0 Å².